The molecule has 2 saturated carbocycles. The maximum absolute atomic E-state index is 11.9. The van der Waals surface area contributed by atoms with Gasteiger partial charge >= 0.3 is 0 Å². The second kappa shape index (κ2) is 4.55. The summed E-state index contributed by atoms with van der Waals surface area (Å²) in [5.74, 6) is 1.87. The monoisotopic (exact) mass is 239 g/mol. The van der Waals surface area contributed by atoms with Gasteiger partial charge in [0, 0.05) is 6.04 Å². The third-order valence-electron chi connectivity index (χ3n) is 4.24. The number of hydrogen-bond donors (Lipinski definition) is 3. The highest BCUT2D eigenvalue weighted by Crippen LogP contribution is 2.45. The lowest BCUT2D eigenvalue weighted by atomic mass is 10.0. The lowest BCUT2D eigenvalue weighted by molar-refractivity contribution is -0.137. The molecule has 5 nitrogen and oxygen atoms in total. The van der Waals surface area contributed by atoms with E-state index in [1.54, 1.807) is 0 Å². The molecule has 3 fully saturated rings. The smallest absolute Gasteiger partial charge is 0.260 e. The molecule has 0 aromatic carbocycles. The predicted octanol–water partition coefficient (Wildman–Crippen LogP) is -0.231. The summed E-state index contributed by atoms with van der Waals surface area (Å²) < 4.78 is 0. The number of fused-ring (bicyclic) bond motifs is 1. The van der Waals surface area contributed by atoms with E-state index in [9.17, 15) is 4.79 Å². The number of nitrogens with one attached hydrogen (secondary N) is 2. The van der Waals surface area contributed by atoms with Crippen LogP contribution >= 0.6 is 0 Å². The number of carbonyl (C=O) groups is 1. The van der Waals surface area contributed by atoms with Crippen LogP contribution < -0.4 is 16.5 Å². The first-order valence-electron chi connectivity index (χ1n) is 6.66. The minimum absolute atomic E-state index is 0.0276. The van der Waals surface area contributed by atoms with Crippen LogP contribution in [0, 0.1) is 17.8 Å². The van der Waals surface area contributed by atoms with Gasteiger partial charge < -0.3 is 11.1 Å². The molecular weight excluding hydrogens is 218 g/mol. The number of amides is 1. The van der Waals surface area contributed by atoms with Crippen molar-refractivity contribution in [1.82, 2.24) is 10.8 Å². The van der Waals surface area contributed by atoms with Gasteiger partial charge in [0.05, 0.1) is 12.6 Å². The van der Waals surface area contributed by atoms with Crippen molar-refractivity contribution in [2.24, 2.45) is 23.5 Å². The summed E-state index contributed by atoms with van der Waals surface area (Å²) in [6, 6.07) is 0.0224. The van der Waals surface area contributed by atoms with E-state index < -0.39 is 0 Å². The predicted molar refractivity (Wildman–Crippen MR) is 62.8 cm³/mol. The van der Waals surface area contributed by atoms with Crippen LogP contribution in [-0.4, -0.2) is 31.1 Å². The van der Waals surface area contributed by atoms with Gasteiger partial charge in [-0.3, -0.25) is 9.63 Å². The van der Waals surface area contributed by atoms with Crippen LogP contribution in [0.4, 0.5) is 0 Å². The molecule has 4 N–H and O–H groups in total. The molecule has 5 heteroatoms. The summed E-state index contributed by atoms with van der Waals surface area (Å²) in [6.45, 7) is 1.37. The Morgan fingerprint density at radius 3 is 3.06 bits per heavy atom. The van der Waals surface area contributed by atoms with Gasteiger partial charge in [0.1, 0.15) is 0 Å². The average molecular weight is 239 g/mol. The first kappa shape index (κ1) is 11.4. The Kier molecular flexibility index (Phi) is 3.06. The van der Waals surface area contributed by atoms with E-state index in [0.717, 1.165) is 12.5 Å². The maximum Gasteiger partial charge on any atom is 0.260 e. The number of rotatable bonds is 5. The fraction of sp³-hybridized carbons (Fsp3) is 0.917. The van der Waals surface area contributed by atoms with Crippen LogP contribution in [0.25, 0.3) is 0 Å². The summed E-state index contributed by atoms with van der Waals surface area (Å²) in [6.07, 6.45) is 4.80. The molecule has 0 aromatic rings. The highest BCUT2D eigenvalue weighted by molar-refractivity contribution is 5.81. The van der Waals surface area contributed by atoms with Gasteiger partial charge in [0.25, 0.3) is 5.91 Å². The third-order valence-corrected chi connectivity index (χ3v) is 4.24. The van der Waals surface area contributed by atoms with E-state index in [-0.39, 0.29) is 18.0 Å². The first-order valence-corrected chi connectivity index (χ1v) is 6.66. The lowest BCUT2D eigenvalue weighted by Gasteiger charge is -2.22. The average Bonchev–Trinajstić information content (AvgIpc) is 3.17. The number of hydroxylamine groups is 1. The SMILES string of the molecule is NC(CONC(=O)[C@H]1NCCC2CC21)C1CC1. The molecule has 1 heterocycles. The normalized spacial score (nSPS) is 37.1. The van der Waals surface area contributed by atoms with Crippen LogP contribution in [0.1, 0.15) is 25.7 Å². The molecule has 0 bridgehead atoms. The highest BCUT2D eigenvalue weighted by Gasteiger charge is 2.48. The van der Waals surface area contributed by atoms with E-state index in [2.05, 4.69) is 10.8 Å². The summed E-state index contributed by atoms with van der Waals surface area (Å²) in [7, 11) is 0. The van der Waals surface area contributed by atoms with Crippen LogP contribution in [0.3, 0.4) is 0 Å². The third kappa shape index (κ3) is 2.61. The summed E-state index contributed by atoms with van der Waals surface area (Å²) in [5.41, 5.74) is 8.43. The fourth-order valence-corrected chi connectivity index (χ4v) is 2.81. The van der Waals surface area contributed by atoms with Crippen LogP contribution in [0.15, 0.2) is 0 Å². The molecule has 0 spiro atoms. The minimum Gasteiger partial charge on any atom is -0.325 e. The molecule has 1 amide bonds. The van der Waals surface area contributed by atoms with Gasteiger partial charge in [0.2, 0.25) is 0 Å². The van der Waals surface area contributed by atoms with Crippen molar-refractivity contribution in [2.75, 3.05) is 13.2 Å². The van der Waals surface area contributed by atoms with Crippen LogP contribution in [0.2, 0.25) is 0 Å². The van der Waals surface area contributed by atoms with E-state index in [4.69, 9.17) is 10.6 Å². The molecule has 2 aliphatic carbocycles. The fourth-order valence-electron chi connectivity index (χ4n) is 2.81. The van der Waals surface area contributed by atoms with E-state index in [0.29, 0.717) is 18.4 Å². The lowest BCUT2D eigenvalue weighted by Crippen LogP contribution is -2.49. The Morgan fingerprint density at radius 2 is 2.29 bits per heavy atom. The summed E-state index contributed by atoms with van der Waals surface area (Å²) in [4.78, 5) is 17.1. The quantitative estimate of drug-likeness (QED) is 0.579. The molecule has 4 atom stereocenters. The zero-order valence-corrected chi connectivity index (χ0v) is 10.0. The minimum atomic E-state index is -0.0501. The Morgan fingerprint density at radius 1 is 1.47 bits per heavy atom. The zero-order valence-electron chi connectivity index (χ0n) is 10.0. The van der Waals surface area contributed by atoms with Crippen LogP contribution in [0.5, 0.6) is 0 Å². The second-order valence-corrected chi connectivity index (χ2v) is 5.66. The molecule has 1 aliphatic heterocycles. The number of hydrogen-bond acceptors (Lipinski definition) is 4. The zero-order chi connectivity index (χ0) is 11.8. The Balaban J connectivity index is 1.37. The van der Waals surface area contributed by atoms with Crippen molar-refractivity contribution < 1.29 is 9.63 Å². The van der Waals surface area contributed by atoms with E-state index in [1.165, 1.54) is 25.7 Å². The number of nitrogens with two attached hydrogens (primary N) is 1. The molecule has 17 heavy (non-hydrogen) atoms. The largest absolute Gasteiger partial charge is 0.325 e. The molecular formula is C12H21N3O2. The van der Waals surface area contributed by atoms with Crippen molar-refractivity contribution in [3.63, 3.8) is 0 Å². The molecule has 0 radical (unpaired) electrons. The Hall–Kier alpha value is -0.650. The molecule has 3 unspecified atom stereocenters. The van der Waals surface area contributed by atoms with Crippen molar-refractivity contribution in [3.8, 4) is 0 Å². The maximum atomic E-state index is 11.9. The van der Waals surface area contributed by atoms with Crippen molar-refractivity contribution in [2.45, 2.75) is 37.8 Å². The van der Waals surface area contributed by atoms with Crippen LogP contribution in [-0.2, 0) is 9.63 Å². The molecule has 96 valence electrons. The topological polar surface area (TPSA) is 76.4 Å². The number of carbonyl (C=O) groups excluding carboxylic acids is 1. The number of piperidine rings is 1. The molecule has 3 aliphatic rings. The van der Waals surface area contributed by atoms with Crippen molar-refractivity contribution in [3.05, 3.63) is 0 Å². The highest BCUT2D eigenvalue weighted by atomic mass is 16.7. The summed E-state index contributed by atoms with van der Waals surface area (Å²) >= 11 is 0. The van der Waals surface area contributed by atoms with E-state index in [1.807, 2.05) is 0 Å². The van der Waals surface area contributed by atoms with Gasteiger partial charge in [0.15, 0.2) is 0 Å². The first-order chi connectivity index (χ1) is 8.25. The molecule has 3 rings (SSSR count). The molecule has 0 aromatic heterocycles. The molecule has 1 saturated heterocycles. The van der Waals surface area contributed by atoms with Gasteiger partial charge in [-0.2, -0.15) is 0 Å². The van der Waals surface area contributed by atoms with Gasteiger partial charge in [-0.25, -0.2) is 5.48 Å². The summed E-state index contributed by atoms with van der Waals surface area (Å²) in [5, 5.41) is 3.26. The van der Waals surface area contributed by atoms with Gasteiger partial charge in [-0.1, -0.05) is 0 Å². The van der Waals surface area contributed by atoms with Crippen molar-refractivity contribution >= 4 is 5.91 Å². The van der Waals surface area contributed by atoms with Gasteiger partial charge in [-0.05, 0) is 50.0 Å². The standard InChI is InChI=1S/C12H21N3O2/c13-10(7-1-2-7)6-17-15-12(16)11-9-5-8(9)3-4-14-11/h7-11,14H,1-6,13H2,(H,15,16)/t8?,9?,10?,11-/m0/s1. The van der Waals surface area contributed by atoms with Crippen molar-refractivity contribution in [1.29, 1.82) is 0 Å². The second-order valence-electron chi connectivity index (χ2n) is 5.66. The Labute approximate surface area is 101 Å². The Bertz CT molecular complexity index is 306. The van der Waals surface area contributed by atoms with Gasteiger partial charge in [-0.15, -0.1) is 0 Å². The van der Waals surface area contributed by atoms with E-state index >= 15 is 0 Å².